The van der Waals surface area contributed by atoms with E-state index in [0.29, 0.717) is 5.69 Å². The van der Waals surface area contributed by atoms with Crippen molar-refractivity contribution in [1.29, 1.82) is 0 Å². The number of likely N-dealkylation sites (N-methyl/N-ethyl adjacent to an activating group) is 1. The molecule has 2 rings (SSSR count). The fourth-order valence-corrected chi connectivity index (χ4v) is 3.94. The third kappa shape index (κ3) is 4.78. The molecule has 134 valence electrons. The summed E-state index contributed by atoms with van der Waals surface area (Å²) in [7, 11) is -2.70. The van der Waals surface area contributed by atoms with Gasteiger partial charge in [0.15, 0.2) is 0 Å². The van der Waals surface area contributed by atoms with Gasteiger partial charge in [0.1, 0.15) is 5.82 Å². The molecular weight excluding hydrogens is 435 g/mol. The molecule has 0 aliphatic rings. The molecule has 25 heavy (non-hydrogen) atoms. The number of nitrogens with one attached hydrogen (secondary N) is 1. The molecule has 1 amide bonds. The Balaban J connectivity index is 2.13. The summed E-state index contributed by atoms with van der Waals surface area (Å²) in [5.41, 5.74) is 1.42. The van der Waals surface area contributed by atoms with E-state index in [1.54, 1.807) is 12.1 Å². The fraction of sp³-hybridized carbons (Fsp3) is 0.188. The topological polar surface area (TPSA) is 66.5 Å². The number of nitrogens with zero attached hydrogens (tertiary/aromatic N) is 1. The molecule has 9 heteroatoms. The first kappa shape index (κ1) is 19.8. The van der Waals surface area contributed by atoms with Crippen LogP contribution in [0.5, 0.6) is 0 Å². The molecule has 5 nitrogen and oxygen atoms in total. The van der Waals surface area contributed by atoms with E-state index >= 15 is 0 Å². The molecule has 1 N–H and O–H groups in total. The number of carbonyl (C=O) groups is 1. The van der Waals surface area contributed by atoms with Crippen molar-refractivity contribution < 1.29 is 17.6 Å². The Bertz CT molecular complexity index is 922. The molecular formula is C16H15BrClFN2O3S. The lowest BCUT2D eigenvalue weighted by atomic mass is 10.2. The fourth-order valence-electron chi connectivity index (χ4n) is 2.06. The van der Waals surface area contributed by atoms with E-state index in [-0.39, 0.29) is 9.92 Å². The highest BCUT2D eigenvalue weighted by Crippen LogP contribution is 2.22. The zero-order valence-corrected chi connectivity index (χ0v) is 16.5. The van der Waals surface area contributed by atoms with Gasteiger partial charge in [-0.1, -0.05) is 27.5 Å². The van der Waals surface area contributed by atoms with E-state index in [0.717, 1.165) is 32.5 Å². The first-order chi connectivity index (χ1) is 11.6. The number of hydrogen-bond donors (Lipinski definition) is 1. The van der Waals surface area contributed by atoms with Crippen molar-refractivity contribution in [3.05, 3.63) is 57.3 Å². The van der Waals surface area contributed by atoms with Crippen molar-refractivity contribution >= 4 is 49.1 Å². The third-order valence-electron chi connectivity index (χ3n) is 3.43. The van der Waals surface area contributed by atoms with Crippen molar-refractivity contribution in [3.63, 3.8) is 0 Å². The first-order valence-corrected chi connectivity index (χ1v) is 9.70. The van der Waals surface area contributed by atoms with Crippen molar-refractivity contribution in [3.8, 4) is 0 Å². The summed E-state index contributed by atoms with van der Waals surface area (Å²) in [6.07, 6.45) is 0. The van der Waals surface area contributed by atoms with E-state index in [4.69, 9.17) is 11.6 Å². The molecule has 0 fully saturated rings. The highest BCUT2D eigenvalue weighted by molar-refractivity contribution is 9.10. The second-order valence-corrected chi connectivity index (χ2v) is 8.71. The summed E-state index contributed by atoms with van der Waals surface area (Å²) in [5.74, 6) is -1.21. The number of rotatable bonds is 5. The number of benzene rings is 2. The van der Waals surface area contributed by atoms with Crippen LogP contribution in [0.25, 0.3) is 0 Å². The summed E-state index contributed by atoms with van der Waals surface area (Å²) >= 11 is 8.95. The summed E-state index contributed by atoms with van der Waals surface area (Å²) in [6.45, 7) is 1.42. The smallest absolute Gasteiger partial charge is 0.243 e. The number of anilines is 1. The van der Waals surface area contributed by atoms with Crippen molar-refractivity contribution in [1.82, 2.24) is 4.31 Å². The van der Waals surface area contributed by atoms with E-state index in [1.807, 2.05) is 13.0 Å². The second-order valence-electron chi connectivity index (χ2n) is 5.34. The maximum atomic E-state index is 13.2. The van der Waals surface area contributed by atoms with E-state index < -0.39 is 28.3 Å². The maximum absolute atomic E-state index is 13.2. The van der Waals surface area contributed by atoms with Crippen molar-refractivity contribution in [2.24, 2.45) is 0 Å². The minimum absolute atomic E-state index is 0.186. The number of halogens is 3. The molecule has 2 aromatic rings. The molecule has 0 saturated carbocycles. The van der Waals surface area contributed by atoms with Gasteiger partial charge in [0.05, 0.1) is 16.5 Å². The lowest BCUT2D eigenvalue weighted by molar-refractivity contribution is -0.116. The summed E-state index contributed by atoms with van der Waals surface area (Å²) in [5, 5.41) is 2.36. The quantitative estimate of drug-likeness (QED) is 0.755. The number of aryl methyl sites for hydroxylation is 1. The SMILES string of the molecule is Cc1cc(Br)ccc1NC(=O)CN(C)S(=O)(=O)c1ccc(F)c(Cl)c1. The van der Waals surface area contributed by atoms with Crippen LogP contribution in [0.1, 0.15) is 5.56 Å². The van der Waals surface area contributed by atoms with Gasteiger partial charge in [-0.25, -0.2) is 12.8 Å². The third-order valence-corrected chi connectivity index (χ3v) is 6.01. The average molecular weight is 450 g/mol. The van der Waals surface area contributed by atoms with Crippen LogP contribution in [0.2, 0.25) is 5.02 Å². The molecule has 0 bridgehead atoms. The highest BCUT2D eigenvalue weighted by atomic mass is 79.9. The van der Waals surface area contributed by atoms with Crippen LogP contribution in [0.4, 0.5) is 10.1 Å². The standard InChI is InChI=1S/C16H15BrClFN2O3S/c1-10-7-11(17)3-6-15(10)20-16(22)9-21(2)25(23,24)12-4-5-14(19)13(18)8-12/h3-8H,9H2,1-2H3,(H,20,22). The van der Waals surface area contributed by atoms with E-state index in [2.05, 4.69) is 21.2 Å². The van der Waals surface area contributed by atoms with E-state index in [1.165, 1.54) is 7.05 Å². The Labute approximate surface area is 159 Å². The molecule has 0 radical (unpaired) electrons. The molecule has 0 unspecified atom stereocenters. The largest absolute Gasteiger partial charge is 0.325 e. The number of sulfonamides is 1. The van der Waals surface area contributed by atoms with E-state index in [9.17, 15) is 17.6 Å². The molecule has 2 aromatic carbocycles. The minimum Gasteiger partial charge on any atom is -0.325 e. The predicted molar refractivity (Wildman–Crippen MR) is 98.7 cm³/mol. The Hall–Kier alpha value is -1.48. The molecule has 0 spiro atoms. The molecule has 0 aromatic heterocycles. The van der Waals surface area contributed by atoms with Crippen LogP contribution in [0.15, 0.2) is 45.8 Å². The number of carbonyl (C=O) groups excluding carboxylic acids is 1. The zero-order valence-electron chi connectivity index (χ0n) is 13.4. The van der Waals surface area contributed by atoms with Crippen LogP contribution in [0.3, 0.4) is 0 Å². The van der Waals surface area contributed by atoms with Gasteiger partial charge in [0.2, 0.25) is 15.9 Å². The lowest BCUT2D eigenvalue weighted by Gasteiger charge is -2.17. The Morgan fingerprint density at radius 1 is 1.28 bits per heavy atom. The van der Waals surface area contributed by atoms with Crippen molar-refractivity contribution in [2.45, 2.75) is 11.8 Å². The van der Waals surface area contributed by atoms with Gasteiger partial charge in [0, 0.05) is 17.2 Å². The molecule has 0 atom stereocenters. The highest BCUT2D eigenvalue weighted by Gasteiger charge is 2.24. The van der Waals surface area contributed by atoms with Gasteiger partial charge in [0.25, 0.3) is 0 Å². The normalized spacial score (nSPS) is 11.6. The number of hydrogen-bond acceptors (Lipinski definition) is 3. The summed E-state index contributed by atoms with van der Waals surface area (Å²) < 4.78 is 39.9. The van der Waals surface area contributed by atoms with Crippen LogP contribution < -0.4 is 5.32 Å². The summed E-state index contributed by atoms with van der Waals surface area (Å²) in [6, 6.07) is 8.39. The summed E-state index contributed by atoms with van der Waals surface area (Å²) in [4.78, 5) is 12.0. The predicted octanol–water partition coefficient (Wildman–Crippen LogP) is 3.81. The molecule has 0 saturated heterocycles. The van der Waals surface area contributed by atoms with Crippen LogP contribution in [-0.4, -0.2) is 32.2 Å². The maximum Gasteiger partial charge on any atom is 0.243 e. The number of amides is 1. The van der Waals surface area contributed by atoms with Gasteiger partial charge in [-0.2, -0.15) is 4.31 Å². The van der Waals surface area contributed by atoms with Crippen LogP contribution >= 0.6 is 27.5 Å². The molecule has 0 heterocycles. The molecule has 0 aliphatic heterocycles. The second kappa shape index (κ2) is 7.82. The monoisotopic (exact) mass is 448 g/mol. The van der Waals surface area contributed by atoms with Gasteiger partial charge in [-0.05, 0) is 48.9 Å². The lowest BCUT2D eigenvalue weighted by Crippen LogP contribution is -2.35. The van der Waals surface area contributed by atoms with Gasteiger partial charge in [-0.15, -0.1) is 0 Å². The Kier molecular flexibility index (Phi) is 6.21. The van der Waals surface area contributed by atoms with Gasteiger partial charge < -0.3 is 5.32 Å². The Morgan fingerprint density at radius 2 is 1.96 bits per heavy atom. The van der Waals surface area contributed by atoms with Crippen molar-refractivity contribution in [2.75, 3.05) is 18.9 Å². The van der Waals surface area contributed by atoms with Gasteiger partial charge >= 0.3 is 0 Å². The van der Waals surface area contributed by atoms with Crippen LogP contribution in [0, 0.1) is 12.7 Å². The zero-order chi connectivity index (χ0) is 18.8. The average Bonchev–Trinajstić information content (AvgIpc) is 2.52. The van der Waals surface area contributed by atoms with Crippen LogP contribution in [-0.2, 0) is 14.8 Å². The minimum atomic E-state index is -3.97. The van der Waals surface area contributed by atoms with Gasteiger partial charge in [-0.3, -0.25) is 4.79 Å². The Morgan fingerprint density at radius 3 is 2.56 bits per heavy atom. The molecule has 0 aliphatic carbocycles. The first-order valence-electron chi connectivity index (χ1n) is 7.08.